The van der Waals surface area contributed by atoms with Gasteiger partial charge in [-0.3, -0.25) is 9.59 Å². The second-order valence-electron chi connectivity index (χ2n) is 5.82. The van der Waals surface area contributed by atoms with Crippen LogP contribution in [0.3, 0.4) is 0 Å². The van der Waals surface area contributed by atoms with Crippen LogP contribution in [0.2, 0.25) is 5.02 Å². The molecule has 0 saturated heterocycles. The van der Waals surface area contributed by atoms with Crippen LogP contribution in [0.4, 0.5) is 15.8 Å². The van der Waals surface area contributed by atoms with Crippen molar-refractivity contribution in [3.63, 3.8) is 0 Å². The maximum Gasteiger partial charge on any atom is 0.268 e. The highest BCUT2D eigenvalue weighted by Crippen LogP contribution is 2.48. The molecule has 5 nitrogen and oxygen atoms in total. The Kier molecular flexibility index (Phi) is 4.17. The number of nitrogens with zero attached hydrogens (tertiary/aromatic N) is 3. The van der Waals surface area contributed by atoms with Crippen molar-refractivity contribution in [3.8, 4) is 0 Å². The van der Waals surface area contributed by atoms with E-state index >= 15 is 0 Å². The molecule has 0 saturated carbocycles. The van der Waals surface area contributed by atoms with Crippen LogP contribution in [0.1, 0.15) is 15.9 Å². The number of hydrogen-bond donors (Lipinski definition) is 0. The number of amides is 1. The van der Waals surface area contributed by atoms with Crippen LogP contribution in [0.15, 0.2) is 38.2 Å². The minimum absolute atomic E-state index is 0.0710. The van der Waals surface area contributed by atoms with Crippen molar-refractivity contribution in [1.82, 2.24) is 0 Å². The van der Waals surface area contributed by atoms with Crippen LogP contribution in [-0.4, -0.2) is 31.2 Å². The van der Waals surface area contributed by atoms with Crippen molar-refractivity contribution < 1.29 is 14.0 Å². The van der Waals surface area contributed by atoms with Crippen LogP contribution in [0.25, 0.3) is 0 Å². The van der Waals surface area contributed by atoms with Gasteiger partial charge in [-0.15, -0.1) is 0 Å². The first-order chi connectivity index (χ1) is 12.3. The van der Waals surface area contributed by atoms with Gasteiger partial charge in [-0.05, 0) is 56.1 Å². The molecule has 0 N–H and O–H groups in total. The van der Waals surface area contributed by atoms with Gasteiger partial charge >= 0.3 is 0 Å². The van der Waals surface area contributed by atoms with Crippen molar-refractivity contribution >= 4 is 72.5 Å². The fraction of sp³-hybridized carbons (Fsp3) is 0.118. The van der Waals surface area contributed by atoms with E-state index in [-0.39, 0.29) is 23.0 Å². The Bertz CT molecular complexity index is 1040. The van der Waals surface area contributed by atoms with Gasteiger partial charge in [0.2, 0.25) is 5.96 Å². The third-order valence-electron chi connectivity index (χ3n) is 4.26. The van der Waals surface area contributed by atoms with E-state index < -0.39 is 11.6 Å². The summed E-state index contributed by atoms with van der Waals surface area (Å²) in [6.07, 6.45) is 0. The Morgan fingerprint density at radius 3 is 2.77 bits per heavy atom. The summed E-state index contributed by atoms with van der Waals surface area (Å²) in [6, 6.07) is 5.41. The number of guanidine groups is 1. The molecule has 4 rings (SSSR count). The van der Waals surface area contributed by atoms with Gasteiger partial charge in [-0.2, -0.15) is 4.99 Å². The number of rotatable bonds is 2. The summed E-state index contributed by atoms with van der Waals surface area (Å²) in [5.74, 6) is -0.686. The van der Waals surface area contributed by atoms with Crippen LogP contribution < -0.4 is 9.80 Å². The van der Waals surface area contributed by atoms with Crippen molar-refractivity contribution in [2.24, 2.45) is 4.99 Å². The highest BCUT2D eigenvalue weighted by molar-refractivity contribution is 9.11. The van der Waals surface area contributed by atoms with Gasteiger partial charge < -0.3 is 9.80 Å². The number of hydrogen-bond acceptors (Lipinski definition) is 4. The van der Waals surface area contributed by atoms with Gasteiger partial charge in [0.25, 0.3) is 5.91 Å². The molecule has 0 aromatic heterocycles. The lowest BCUT2D eigenvalue weighted by atomic mass is 10.0. The van der Waals surface area contributed by atoms with Crippen molar-refractivity contribution in [3.05, 3.63) is 55.2 Å². The molecule has 0 atom stereocenters. The number of carbonyl (C=O) groups excluding carboxylic acids is 2. The van der Waals surface area contributed by atoms with E-state index in [1.807, 2.05) is 0 Å². The van der Waals surface area contributed by atoms with Gasteiger partial charge in [0, 0.05) is 17.1 Å². The largest absolute Gasteiger partial charge is 0.312 e. The predicted octanol–water partition coefficient (Wildman–Crippen LogP) is 4.39. The second kappa shape index (κ2) is 6.14. The molecule has 0 aliphatic carbocycles. The molecule has 0 fully saturated rings. The molecule has 2 aliphatic rings. The Hall–Kier alpha value is -1.77. The van der Waals surface area contributed by atoms with Crippen molar-refractivity contribution in [1.29, 1.82) is 0 Å². The molecule has 0 bridgehead atoms. The minimum Gasteiger partial charge on any atom is -0.312 e. The lowest BCUT2D eigenvalue weighted by molar-refractivity contribution is -0.115. The quantitative estimate of drug-likeness (QED) is 0.573. The van der Waals surface area contributed by atoms with Crippen LogP contribution in [0, 0.1) is 5.82 Å². The molecule has 132 valence electrons. The van der Waals surface area contributed by atoms with E-state index in [0.717, 1.165) is 11.8 Å². The third-order valence-corrected chi connectivity index (χ3v) is 5.99. The molecule has 2 aromatic carbocycles. The summed E-state index contributed by atoms with van der Waals surface area (Å²) in [5.41, 5.74) is 1.84. The Morgan fingerprint density at radius 1 is 1.31 bits per heavy atom. The van der Waals surface area contributed by atoms with E-state index in [1.165, 1.54) is 12.1 Å². The van der Waals surface area contributed by atoms with E-state index in [9.17, 15) is 14.0 Å². The molecule has 0 spiro atoms. The normalized spacial score (nSPS) is 15.3. The number of carbonyl (C=O) groups is 2. The molecule has 2 aliphatic heterocycles. The highest BCUT2D eigenvalue weighted by atomic mass is 79.9. The highest BCUT2D eigenvalue weighted by Gasteiger charge is 2.40. The molecule has 0 radical (unpaired) electrons. The zero-order valence-corrected chi connectivity index (χ0v) is 17.1. The molecule has 0 unspecified atom stereocenters. The van der Waals surface area contributed by atoms with Gasteiger partial charge in [0.1, 0.15) is 12.4 Å². The maximum absolute atomic E-state index is 13.6. The number of benzene rings is 2. The Labute approximate surface area is 169 Å². The third kappa shape index (κ3) is 2.51. The van der Waals surface area contributed by atoms with Crippen molar-refractivity contribution in [2.45, 2.75) is 0 Å². The van der Waals surface area contributed by atoms with Crippen LogP contribution in [0.5, 0.6) is 0 Å². The zero-order chi connectivity index (χ0) is 18.7. The molecule has 1 amide bonds. The zero-order valence-electron chi connectivity index (χ0n) is 13.2. The van der Waals surface area contributed by atoms with Crippen LogP contribution in [-0.2, 0) is 4.79 Å². The fourth-order valence-corrected chi connectivity index (χ4v) is 5.02. The summed E-state index contributed by atoms with van der Waals surface area (Å²) in [6.45, 7) is 0.147. The summed E-state index contributed by atoms with van der Waals surface area (Å²) in [5, 5.41) is 0.166. The summed E-state index contributed by atoms with van der Waals surface area (Å²) in [4.78, 5) is 32.2. The maximum atomic E-state index is 13.6. The SMILES string of the molecule is CN1C2=NC(=O)CN2c2cc(Br)c(C(=O)c3cc(F)ccc3Cl)c(Br)c21. The van der Waals surface area contributed by atoms with E-state index in [4.69, 9.17) is 11.6 Å². The lowest BCUT2D eigenvalue weighted by Crippen LogP contribution is -2.32. The topological polar surface area (TPSA) is 53.0 Å². The number of aliphatic imine (C=N–C) groups is 1. The first kappa shape index (κ1) is 17.6. The summed E-state index contributed by atoms with van der Waals surface area (Å²) < 4.78 is 14.6. The molecular formula is C17H9Br2ClFN3O2. The van der Waals surface area contributed by atoms with E-state index in [0.29, 0.717) is 26.2 Å². The molecule has 26 heavy (non-hydrogen) atoms. The molecule has 2 aromatic rings. The number of ketones is 1. The Balaban J connectivity index is 1.89. The van der Waals surface area contributed by atoms with Crippen LogP contribution >= 0.6 is 43.5 Å². The van der Waals surface area contributed by atoms with Crippen molar-refractivity contribution in [2.75, 3.05) is 23.4 Å². The lowest BCUT2D eigenvalue weighted by Gasteiger charge is -2.16. The number of halogens is 4. The molecular weight excluding hydrogens is 492 g/mol. The summed E-state index contributed by atoms with van der Waals surface area (Å²) in [7, 11) is 1.76. The van der Waals surface area contributed by atoms with E-state index in [1.54, 1.807) is 22.9 Å². The molecule has 9 heteroatoms. The van der Waals surface area contributed by atoms with E-state index in [2.05, 4.69) is 36.9 Å². The van der Waals surface area contributed by atoms with Gasteiger partial charge in [0.15, 0.2) is 5.78 Å². The first-order valence-electron chi connectivity index (χ1n) is 7.44. The predicted molar refractivity (Wildman–Crippen MR) is 105 cm³/mol. The molecule has 2 heterocycles. The standard InChI is InChI=1S/C17H9Br2ClFN3O2/c1-23-15-11(24-6-12(25)22-17(23)24)5-9(18)13(14(15)19)16(26)8-4-7(21)2-3-10(8)20/h2-5H,6H2,1H3. The number of fused-ring (bicyclic) bond motifs is 3. The van der Waals surface area contributed by atoms with Gasteiger partial charge in [-0.25, -0.2) is 4.39 Å². The number of anilines is 2. The van der Waals surface area contributed by atoms with Gasteiger partial charge in [0.05, 0.1) is 26.4 Å². The fourth-order valence-electron chi connectivity index (χ4n) is 3.10. The van der Waals surface area contributed by atoms with Gasteiger partial charge in [-0.1, -0.05) is 11.6 Å². The Morgan fingerprint density at radius 2 is 2.04 bits per heavy atom. The monoisotopic (exact) mass is 499 g/mol. The average Bonchev–Trinajstić information content (AvgIpc) is 3.07. The first-order valence-corrected chi connectivity index (χ1v) is 9.40. The summed E-state index contributed by atoms with van der Waals surface area (Å²) >= 11 is 13.0. The second-order valence-corrected chi connectivity index (χ2v) is 7.87. The average molecular weight is 502 g/mol. The minimum atomic E-state index is -0.545. The smallest absolute Gasteiger partial charge is 0.268 e.